The predicted molar refractivity (Wildman–Crippen MR) is 86.1 cm³/mol. The first-order valence-corrected chi connectivity index (χ1v) is 8.30. The molecule has 1 aliphatic rings. The van der Waals surface area contributed by atoms with Crippen LogP contribution in [0, 0.1) is 11.8 Å². The maximum atomic E-state index is 12.1. The number of hydrogen-bond acceptors (Lipinski definition) is 4. The Balaban J connectivity index is 2.50. The van der Waals surface area contributed by atoms with Crippen LogP contribution in [0.5, 0.6) is 0 Å². The van der Waals surface area contributed by atoms with E-state index < -0.39 is 6.04 Å². The van der Waals surface area contributed by atoms with Gasteiger partial charge in [-0.1, -0.05) is 34.1 Å². The quantitative estimate of drug-likeness (QED) is 0.707. The molecule has 21 heavy (non-hydrogen) atoms. The highest BCUT2D eigenvalue weighted by molar-refractivity contribution is 5.81. The summed E-state index contributed by atoms with van der Waals surface area (Å²) in [6.07, 6.45) is 2.01. The third-order valence-corrected chi connectivity index (χ3v) is 4.38. The second kappa shape index (κ2) is 9.38. The minimum Gasteiger partial charge on any atom is -0.379 e. The molecule has 1 rings (SSSR count). The number of nitrogens with one attached hydrogen (secondary N) is 1. The van der Waals surface area contributed by atoms with Crippen LogP contribution < -0.4 is 11.1 Å². The standard InChI is InChI=1S/C16H33N3O2/c1-5-13(4)15(17)16(20)18-11-14(10-12(2)3)19-6-8-21-9-7-19/h12-15H,5-11,17H2,1-4H3,(H,18,20)/t13-,14?,15-/m0/s1. The summed E-state index contributed by atoms with van der Waals surface area (Å²) in [5.41, 5.74) is 5.99. The Morgan fingerprint density at radius 2 is 1.90 bits per heavy atom. The van der Waals surface area contributed by atoms with Gasteiger partial charge >= 0.3 is 0 Å². The van der Waals surface area contributed by atoms with Crippen LogP contribution in [-0.2, 0) is 9.53 Å². The van der Waals surface area contributed by atoms with E-state index in [1.54, 1.807) is 0 Å². The molecule has 1 amide bonds. The van der Waals surface area contributed by atoms with Gasteiger partial charge in [-0.25, -0.2) is 0 Å². The highest BCUT2D eigenvalue weighted by atomic mass is 16.5. The molecule has 1 saturated heterocycles. The largest absolute Gasteiger partial charge is 0.379 e. The molecule has 1 unspecified atom stereocenters. The maximum Gasteiger partial charge on any atom is 0.237 e. The summed E-state index contributed by atoms with van der Waals surface area (Å²) in [6.45, 7) is 12.7. The summed E-state index contributed by atoms with van der Waals surface area (Å²) in [4.78, 5) is 14.6. The second-order valence-electron chi connectivity index (χ2n) is 6.59. The number of carbonyl (C=O) groups excluding carboxylic acids is 1. The van der Waals surface area contributed by atoms with Crippen molar-refractivity contribution in [1.82, 2.24) is 10.2 Å². The van der Waals surface area contributed by atoms with Crippen LogP contribution in [0.2, 0.25) is 0 Å². The summed E-state index contributed by atoms with van der Waals surface area (Å²) < 4.78 is 5.42. The third kappa shape index (κ3) is 6.32. The molecule has 0 saturated carbocycles. The van der Waals surface area contributed by atoms with Gasteiger partial charge < -0.3 is 15.8 Å². The number of morpholine rings is 1. The number of amides is 1. The van der Waals surface area contributed by atoms with Gasteiger partial charge in [0.2, 0.25) is 5.91 Å². The van der Waals surface area contributed by atoms with Crippen molar-refractivity contribution in [3.63, 3.8) is 0 Å². The van der Waals surface area contributed by atoms with Gasteiger partial charge in [0, 0.05) is 25.7 Å². The van der Waals surface area contributed by atoms with Crippen LogP contribution in [0.15, 0.2) is 0 Å². The highest BCUT2D eigenvalue weighted by Crippen LogP contribution is 2.13. The van der Waals surface area contributed by atoms with Gasteiger partial charge in [-0.2, -0.15) is 0 Å². The van der Waals surface area contributed by atoms with Crippen molar-refractivity contribution < 1.29 is 9.53 Å². The van der Waals surface area contributed by atoms with E-state index in [2.05, 4.69) is 31.0 Å². The molecule has 5 nitrogen and oxygen atoms in total. The number of ether oxygens (including phenoxy) is 1. The monoisotopic (exact) mass is 299 g/mol. The Morgan fingerprint density at radius 1 is 1.29 bits per heavy atom. The Kier molecular flexibility index (Phi) is 8.22. The van der Waals surface area contributed by atoms with E-state index in [0.29, 0.717) is 18.5 Å². The van der Waals surface area contributed by atoms with Crippen molar-refractivity contribution in [3.8, 4) is 0 Å². The van der Waals surface area contributed by atoms with Crippen LogP contribution in [0.1, 0.15) is 40.5 Å². The van der Waals surface area contributed by atoms with E-state index in [-0.39, 0.29) is 11.8 Å². The van der Waals surface area contributed by atoms with Crippen LogP contribution in [0.4, 0.5) is 0 Å². The van der Waals surface area contributed by atoms with Gasteiger partial charge in [0.15, 0.2) is 0 Å². The fourth-order valence-corrected chi connectivity index (χ4v) is 2.70. The van der Waals surface area contributed by atoms with Gasteiger partial charge in [0.25, 0.3) is 0 Å². The van der Waals surface area contributed by atoms with Crippen LogP contribution in [0.3, 0.4) is 0 Å². The summed E-state index contributed by atoms with van der Waals surface area (Å²) in [5.74, 6) is 0.807. The van der Waals surface area contributed by atoms with E-state index in [0.717, 1.165) is 39.1 Å². The molecule has 1 heterocycles. The average molecular weight is 299 g/mol. The van der Waals surface area contributed by atoms with Crippen LogP contribution >= 0.6 is 0 Å². The summed E-state index contributed by atoms with van der Waals surface area (Å²) in [6, 6.07) is -0.0265. The zero-order valence-electron chi connectivity index (χ0n) is 14.1. The number of rotatable bonds is 8. The second-order valence-corrected chi connectivity index (χ2v) is 6.59. The minimum absolute atomic E-state index is 0.0219. The zero-order valence-corrected chi connectivity index (χ0v) is 14.1. The number of hydrogen-bond donors (Lipinski definition) is 2. The molecule has 1 aliphatic heterocycles. The fraction of sp³-hybridized carbons (Fsp3) is 0.938. The third-order valence-electron chi connectivity index (χ3n) is 4.38. The lowest BCUT2D eigenvalue weighted by Gasteiger charge is -2.35. The Labute approximate surface area is 129 Å². The van der Waals surface area contributed by atoms with Gasteiger partial charge in [0.05, 0.1) is 19.3 Å². The number of nitrogens with zero attached hydrogens (tertiary/aromatic N) is 1. The van der Waals surface area contributed by atoms with E-state index in [4.69, 9.17) is 10.5 Å². The molecule has 3 N–H and O–H groups in total. The highest BCUT2D eigenvalue weighted by Gasteiger charge is 2.24. The molecule has 0 spiro atoms. The van der Waals surface area contributed by atoms with E-state index >= 15 is 0 Å². The van der Waals surface area contributed by atoms with Crippen molar-refractivity contribution in [3.05, 3.63) is 0 Å². The zero-order chi connectivity index (χ0) is 15.8. The van der Waals surface area contributed by atoms with Crippen LogP contribution in [0.25, 0.3) is 0 Å². The first-order chi connectivity index (χ1) is 9.95. The molecule has 1 fully saturated rings. The first-order valence-electron chi connectivity index (χ1n) is 8.30. The smallest absolute Gasteiger partial charge is 0.237 e. The molecular formula is C16H33N3O2. The molecule has 0 aromatic carbocycles. The minimum atomic E-state index is -0.403. The van der Waals surface area contributed by atoms with E-state index in [1.807, 2.05) is 6.92 Å². The van der Waals surface area contributed by atoms with Gasteiger partial charge in [0.1, 0.15) is 0 Å². The van der Waals surface area contributed by atoms with E-state index in [1.165, 1.54) is 0 Å². The summed E-state index contributed by atoms with van der Waals surface area (Å²) >= 11 is 0. The molecule has 0 bridgehead atoms. The normalized spacial score (nSPS) is 21.0. The topological polar surface area (TPSA) is 67.6 Å². The maximum absolute atomic E-state index is 12.1. The number of carbonyl (C=O) groups is 1. The SMILES string of the molecule is CC[C@H](C)[C@H](N)C(=O)NCC(CC(C)C)N1CCOCC1. The van der Waals surface area contributed by atoms with Crippen LogP contribution in [-0.4, -0.2) is 55.7 Å². The molecular weight excluding hydrogens is 266 g/mol. The molecule has 124 valence electrons. The average Bonchev–Trinajstić information content (AvgIpc) is 2.50. The molecule has 0 aliphatic carbocycles. The number of nitrogens with two attached hydrogens (primary N) is 1. The lowest BCUT2D eigenvalue weighted by Crippen LogP contribution is -2.52. The predicted octanol–water partition coefficient (Wildman–Crippen LogP) is 1.22. The van der Waals surface area contributed by atoms with Crippen molar-refractivity contribution in [2.24, 2.45) is 17.6 Å². The lowest BCUT2D eigenvalue weighted by atomic mass is 9.98. The van der Waals surface area contributed by atoms with Gasteiger partial charge in [-0.3, -0.25) is 9.69 Å². The summed E-state index contributed by atoms with van der Waals surface area (Å²) in [5, 5.41) is 3.05. The summed E-state index contributed by atoms with van der Waals surface area (Å²) in [7, 11) is 0. The van der Waals surface area contributed by atoms with Crippen molar-refractivity contribution in [1.29, 1.82) is 0 Å². The van der Waals surface area contributed by atoms with Gasteiger partial charge in [-0.15, -0.1) is 0 Å². The molecule has 0 aromatic rings. The Hall–Kier alpha value is -0.650. The van der Waals surface area contributed by atoms with Crippen molar-refractivity contribution >= 4 is 5.91 Å². The first kappa shape index (κ1) is 18.4. The van der Waals surface area contributed by atoms with Crippen molar-refractivity contribution in [2.75, 3.05) is 32.8 Å². The fourth-order valence-electron chi connectivity index (χ4n) is 2.70. The molecule has 0 radical (unpaired) electrons. The Bertz CT molecular complexity index is 304. The Morgan fingerprint density at radius 3 is 2.43 bits per heavy atom. The van der Waals surface area contributed by atoms with E-state index in [9.17, 15) is 4.79 Å². The molecule has 3 atom stereocenters. The molecule has 5 heteroatoms. The van der Waals surface area contributed by atoms with Gasteiger partial charge in [-0.05, 0) is 18.3 Å². The molecule has 0 aromatic heterocycles. The lowest BCUT2D eigenvalue weighted by molar-refractivity contribution is -0.123. The van der Waals surface area contributed by atoms with Crippen molar-refractivity contribution in [2.45, 2.75) is 52.6 Å².